The molecule has 1 aliphatic rings. The van der Waals surface area contributed by atoms with E-state index in [2.05, 4.69) is 5.32 Å². The summed E-state index contributed by atoms with van der Waals surface area (Å²) >= 11 is 0. The Hall–Kier alpha value is -3.07. The smallest absolute Gasteiger partial charge is 0.247 e. The van der Waals surface area contributed by atoms with Crippen molar-refractivity contribution in [2.24, 2.45) is 0 Å². The van der Waals surface area contributed by atoms with Crippen LogP contribution in [0.2, 0.25) is 0 Å². The molecule has 9 heteroatoms. The van der Waals surface area contributed by atoms with Crippen LogP contribution < -0.4 is 19.3 Å². The van der Waals surface area contributed by atoms with E-state index >= 15 is 0 Å². The highest BCUT2D eigenvalue weighted by Crippen LogP contribution is 2.26. The fourth-order valence-electron chi connectivity index (χ4n) is 3.45. The first-order valence-electron chi connectivity index (χ1n) is 9.55. The van der Waals surface area contributed by atoms with Crippen LogP contribution in [0.1, 0.15) is 19.8 Å². The van der Waals surface area contributed by atoms with Crippen LogP contribution in [0, 0.1) is 0 Å². The first kappa shape index (κ1) is 21.6. The van der Waals surface area contributed by atoms with Gasteiger partial charge >= 0.3 is 0 Å². The largest absolute Gasteiger partial charge is 0.497 e. The first-order valence-corrected chi connectivity index (χ1v) is 11.4. The van der Waals surface area contributed by atoms with Gasteiger partial charge in [-0.3, -0.25) is 13.9 Å². The number of sulfonamides is 1. The fourth-order valence-corrected chi connectivity index (χ4v) is 4.62. The minimum atomic E-state index is -3.73. The molecule has 0 saturated carbocycles. The molecule has 1 fully saturated rings. The standard InChI is InChI=1S/C21H25N3O5S/c1-15(24(30(3,27)28)18-6-4-7-19(14-18)29-2)21(26)22-16-9-11-17(12-10-16)23-13-5-8-20(23)25/h4,6-7,9-12,14-15H,5,8,13H2,1-3H3,(H,22,26)/t15-/m1/s1. The topological polar surface area (TPSA) is 96.0 Å². The summed E-state index contributed by atoms with van der Waals surface area (Å²) in [6.07, 6.45) is 2.43. The zero-order valence-corrected chi connectivity index (χ0v) is 18.0. The Balaban J connectivity index is 1.77. The van der Waals surface area contributed by atoms with Crippen LogP contribution >= 0.6 is 0 Å². The van der Waals surface area contributed by atoms with E-state index in [1.807, 2.05) is 0 Å². The Morgan fingerprint density at radius 3 is 2.47 bits per heavy atom. The van der Waals surface area contributed by atoms with Crippen LogP contribution in [0.3, 0.4) is 0 Å². The third kappa shape index (κ3) is 4.73. The van der Waals surface area contributed by atoms with Gasteiger partial charge < -0.3 is 15.0 Å². The zero-order valence-electron chi connectivity index (χ0n) is 17.2. The van der Waals surface area contributed by atoms with Crippen molar-refractivity contribution in [3.63, 3.8) is 0 Å². The van der Waals surface area contributed by atoms with E-state index in [-0.39, 0.29) is 5.91 Å². The fraction of sp³-hybridized carbons (Fsp3) is 0.333. The van der Waals surface area contributed by atoms with E-state index in [0.29, 0.717) is 30.1 Å². The van der Waals surface area contributed by atoms with Gasteiger partial charge in [0.05, 0.1) is 19.1 Å². The monoisotopic (exact) mass is 431 g/mol. The minimum Gasteiger partial charge on any atom is -0.497 e. The van der Waals surface area contributed by atoms with Crippen LogP contribution in [0.25, 0.3) is 0 Å². The van der Waals surface area contributed by atoms with E-state index in [1.54, 1.807) is 53.4 Å². The lowest BCUT2D eigenvalue weighted by Crippen LogP contribution is -2.45. The lowest BCUT2D eigenvalue weighted by atomic mass is 10.2. The second-order valence-electron chi connectivity index (χ2n) is 7.12. The van der Waals surface area contributed by atoms with Gasteiger partial charge in [-0.1, -0.05) is 6.07 Å². The van der Waals surface area contributed by atoms with Crippen LogP contribution in [0.15, 0.2) is 48.5 Å². The van der Waals surface area contributed by atoms with Crippen molar-refractivity contribution < 1.29 is 22.7 Å². The summed E-state index contributed by atoms with van der Waals surface area (Å²) in [5.74, 6) is 0.0940. The van der Waals surface area contributed by atoms with Crippen LogP contribution in [0.4, 0.5) is 17.1 Å². The van der Waals surface area contributed by atoms with Gasteiger partial charge in [0.15, 0.2) is 0 Å². The molecule has 1 aliphatic heterocycles. The average molecular weight is 432 g/mol. The highest BCUT2D eigenvalue weighted by molar-refractivity contribution is 7.92. The van der Waals surface area contributed by atoms with E-state index in [4.69, 9.17) is 4.74 Å². The predicted molar refractivity (Wildman–Crippen MR) is 116 cm³/mol. The quantitative estimate of drug-likeness (QED) is 0.727. The lowest BCUT2D eigenvalue weighted by Gasteiger charge is -2.28. The molecular formula is C21H25N3O5S. The Morgan fingerprint density at radius 1 is 1.20 bits per heavy atom. The molecule has 160 valence electrons. The van der Waals surface area contributed by atoms with Crippen LogP contribution in [-0.4, -0.2) is 46.2 Å². The third-order valence-corrected chi connectivity index (χ3v) is 6.16. The molecule has 0 radical (unpaired) electrons. The van der Waals surface area contributed by atoms with Gasteiger partial charge in [-0.2, -0.15) is 0 Å². The molecule has 8 nitrogen and oxygen atoms in total. The predicted octanol–water partition coefficient (Wildman–Crippen LogP) is 2.62. The van der Waals surface area contributed by atoms with Crippen molar-refractivity contribution in [1.82, 2.24) is 0 Å². The molecule has 0 aliphatic carbocycles. The highest BCUT2D eigenvalue weighted by Gasteiger charge is 2.29. The number of nitrogens with one attached hydrogen (secondary N) is 1. The zero-order chi connectivity index (χ0) is 21.9. The molecule has 0 spiro atoms. The maximum Gasteiger partial charge on any atom is 0.247 e. The summed E-state index contributed by atoms with van der Waals surface area (Å²) in [6, 6.07) is 12.5. The normalized spacial score (nSPS) is 15.0. The number of hydrogen-bond acceptors (Lipinski definition) is 5. The molecule has 2 aromatic rings. The number of benzene rings is 2. The molecule has 0 unspecified atom stereocenters. The van der Waals surface area contributed by atoms with Crippen molar-refractivity contribution >= 4 is 38.9 Å². The number of nitrogens with zero attached hydrogens (tertiary/aromatic N) is 2. The lowest BCUT2D eigenvalue weighted by molar-refractivity contribution is -0.117. The summed E-state index contributed by atoms with van der Waals surface area (Å²) in [4.78, 5) is 26.4. The van der Waals surface area contributed by atoms with Gasteiger partial charge in [0.25, 0.3) is 0 Å². The molecular weight excluding hydrogens is 406 g/mol. The molecule has 3 rings (SSSR count). The third-order valence-electron chi connectivity index (χ3n) is 4.92. The van der Waals surface area contributed by atoms with Crippen LogP contribution in [0.5, 0.6) is 5.75 Å². The van der Waals surface area contributed by atoms with E-state index in [9.17, 15) is 18.0 Å². The molecule has 1 N–H and O–H groups in total. The Kier molecular flexibility index (Phi) is 6.31. The number of carbonyl (C=O) groups is 2. The van der Waals surface area contributed by atoms with E-state index < -0.39 is 22.0 Å². The summed E-state index contributed by atoms with van der Waals surface area (Å²) in [5, 5.41) is 2.74. The van der Waals surface area contributed by atoms with Gasteiger partial charge in [0, 0.05) is 30.4 Å². The number of hydrogen-bond donors (Lipinski definition) is 1. The van der Waals surface area contributed by atoms with Gasteiger partial charge in [-0.15, -0.1) is 0 Å². The molecule has 0 bridgehead atoms. The highest BCUT2D eigenvalue weighted by atomic mass is 32.2. The maximum absolute atomic E-state index is 12.8. The Morgan fingerprint density at radius 2 is 1.90 bits per heavy atom. The van der Waals surface area contributed by atoms with E-state index in [0.717, 1.165) is 22.7 Å². The number of methoxy groups -OCH3 is 1. The summed E-state index contributed by atoms with van der Waals surface area (Å²) in [7, 11) is -2.25. The second-order valence-corrected chi connectivity index (χ2v) is 8.98. The number of carbonyl (C=O) groups excluding carboxylic acids is 2. The Labute approximate surface area is 176 Å². The average Bonchev–Trinajstić information content (AvgIpc) is 3.13. The van der Waals surface area contributed by atoms with Crippen molar-refractivity contribution in [2.45, 2.75) is 25.8 Å². The van der Waals surface area contributed by atoms with Crippen LogP contribution in [-0.2, 0) is 19.6 Å². The maximum atomic E-state index is 12.8. The van der Waals surface area contributed by atoms with Crippen molar-refractivity contribution in [3.05, 3.63) is 48.5 Å². The van der Waals surface area contributed by atoms with Crippen molar-refractivity contribution in [3.8, 4) is 5.75 Å². The first-order chi connectivity index (χ1) is 14.2. The van der Waals surface area contributed by atoms with Gasteiger partial charge in [-0.25, -0.2) is 8.42 Å². The Bertz CT molecular complexity index is 1040. The molecule has 0 aromatic heterocycles. The number of amides is 2. The molecule has 1 atom stereocenters. The van der Waals surface area contributed by atoms with Crippen molar-refractivity contribution in [1.29, 1.82) is 0 Å². The summed E-state index contributed by atoms with van der Waals surface area (Å²) in [6.45, 7) is 2.21. The molecule has 1 heterocycles. The molecule has 30 heavy (non-hydrogen) atoms. The second kappa shape index (κ2) is 8.74. The number of ether oxygens (including phenoxy) is 1. The summed E-state index contributed by atoms with van der Waals surface area (Å²) in [5.41, 5.74) is 1.63. The van der Waals surface area contributed by atoms with Gasteiger partial charge in [0.1, 0.15) is 11.8 Å². The molecule has 2 aromatic carbocycles. The van der Waals surface area contributed by atoms with Gasteiger partial charge in [-0.05, 0) is 49.7 Å². The molecule has 1 saturated heterocycles. The SMILES string of the molecule is COc1cccc(N([C@H](C)C(=O)Nc2ccc(N3CCCC3=O)cc2)S(C)(=O)=O)c1. The number of anilines is 3. The summed E-state index contributed by atoms with van der Waals surface area (Å²) < 4.78 is 31.1. The number of rotatable bonds is 7. The molecule has 2 amide bonds. The van der Waals surface area contributed by atoms with Crippen molar-refractivity contribution in [2.75, 3.05) is 34.4 Å². The minimum absolute atomic E-state index is 0.0856. The van der Waals surface area contributed by atoms with Gasteiger partial charge in [0.2, 0.25) is 21.8 Å². The van der Waals surface area contributed by atoms with E-state index in [1.165, 1.54) is 14.0 Å².